The van der Waals surface area contributed by atoms with Gasteiger partial charge in [0, 0.05) is 28.2 Å². The van der Waals surface area contributed by atoms with E-state index < -0.39 is 12.0 Å². The smallest absolute Gasteiger partial charge is 0.338 e. The van der Waals surface area contributed by atoms with Crippen LogP contribution in [0.25, 0.3) is 17.0 Å². The third kappa shape index (κ3) is 5.14. The zero-order valence-corrected chi connectivity index (χ0v) is 27.2. The molecule has 0 unspecified atom stereocenters. The van der Waals surface area contributed by atoms with Crippen molar-refractivity contribution in [2.45, 2.75) is 53.1 Å². The van der Waals surface area contributed by atoms with Crippen LogP contribution < -0.4 is 14.9 Å². The number of hydrogen-bond donors (Lipinski definition) is 0. The lowest BCUT2D eigenvalue weighted by atomic mass is 9.93. The van der Waals surface area contributed by atoms with Gasteiger partial charge in [0.1, 0.15) is 0 Å². The van der Waals surface area contributed by atoms with Crippen molar-refractivity contribution in [3.05, 3.63) is 136 Å². The second-order valence-corrected chi connectivity index (χ2v) is 13.0. The van der Waals surface area contributed by atoms with Crippen molar-refractivity contribution < 1.29 is 9.53 Å². The Hall–Kier alpha value is -4.20. The number of allylic oxidation sites excluding steroid dienone is 1. The van der Waals surface area contributed by atoms with E-state index in [9.17, 15) is 9.59 Å². The minimum atomic E-state index is -0.642. The monoisotopic (exact) mass is 623 g/mol. The van der Waals surface area contributed by atoms with Crippen LogP contribution in [0.2, 0.25) is 5.02 Å². The molecule has 0 N–H and O–H groups in total. The summed E-state index contributed by atoms with van der Waals surface area (Å²) in [5.74, 6) is -0.132. The van der Waals surface area contributed by atoms with E-state index in [0.29, 0.717) is 38.1 Å². The standard InChI is InChI=1S/C36H34ClN3O3S/c1-20(2)25-12-14-26(15-13-25)33-31(35(42)43-6)22(4)38-36-40(33)34(41)30(44-36)18-29-23(5)39(19-24-10-16-27(37)17-11-24)32-21(3)8-7-9-28(29)32/h7-18,20,33H,19H2,1-6H3/b30-18-/t33-/m0/s1. The van der Waals surface area contributed by atoms with E-state index >= 15 is 0 Å². The molecule has 5 aromatic rings. The summed E-state index contributed by atoms with van der Waals surface area (Å²) in [6.45, 7) is 11.0. The van der Waals surface area contributed by atoms with Gasteiger partial charge in [-0.15, -0.1) is 0 Å². The first-order valence-electron chi connectivity index (χ1n) is 14.6. The zero-order valence-electron chi connectivity index (χ0n) is 25.6. The second kappa shape index (κ2) is 11.7. The second-order valence-electron chi connectivity index (χ2n) is 11.6. The van der Waals surface area contributed by atoms with E-state index in [1.54, 1.807) is 11.5 Å². The molecule has 224 valence electrons. The van der Waals surface area contributed by atoms with Gasteiger partial charge in [0.2, 0.25) is 0 Å². The molecule has 44 heavy (non-hydrogen) atoms. The minimum absolute atomic E-state index is 0.189. The summed E-state index contributed by atoms with van der Waals surface area (Å²) < 4.78 is 9.68. The Bertz CT molecular complexity index is 2130. The van der Waals surface area contributed by atoms with Gasteiger partial charge in [0.05, 0.1) is 34.5 Å². The summed E-state index contributed by atoms with van der Waals surface area (Å²) in [6.07, 6.45) is 1.98. The summed E-state index contributed by atoms with van der Waals surface area (Å²) in [5, 5.41) is 1.78. The predicted octanol–water partition coefficient (Wildman–Crippen LogP) is 6.80. The Morgan fingerprint density at radius 3 is 2.41 bits per heavy atom. The van der Waals surface area contributed by atoms with E-state index in [1.165, 1.54) is 24.0 Å². The quantitative estimate of drug-likeness (QED) is 0.195. The number of hydrogen-bond acceptors (Lipinski definition) is 5. The largest absolute Gasteiger partial charge is 0.466 e. The van der Waals surface area contributed by atoms with Crippen LogP contribution in [0.4, 0.5) is 0 Å². The van der Waals surface area contributed by atoms with Crippen molar-refractivity contribution in [2.75, 3.05) is 7.11 Å². The Balaban J connectivity index is 1.55. The first-order chi connectivity index (χ1) is 21.1. The molecule has 1 aliphatic heterocycles. The molecule has 0 spiro atoms. The highest BCUT2D eigenvalue weighted by molar-refractivity contribution is 7.07. The molecule has 3 aromatic carbocycles. The van der Waals surface area contributed by atoms with Crippen LogP contribution in [0.1, 0.15) is 66.2 Å². The number of aryl methyl sites for hydroxylation is 1. The van der Waals surface area contributed by atoms with Gasteiger partial charge in [0.25, 0.3) is 5.56 Å². The highest BCUT2D eigenvalue weighted by Crippen LogP contribution is 2.32. The first-order valence-corrected chi connectivity index (χ1v) is 15.8. The van der Waals surface area contributed by atoms with Crippen molar-refractivity contribution in [1.29, 1.82) is 0 Å². The van der Waals surface area contributed by atoms with Crippen molar-refractivity contribution in [2.24, 2.45) is 4.99 Å². The first kappa shape index (κ1) is 29.9. The van der Waals surface area contributed by atoms with Crippen LogP contribution in [-0.2, 0) is 16.1 Å². The van der Waals surface area contributed by atoms with Crippen molar-refractivity contribution >= 4 is 45.9 Å². The summed E-state index contributed by atoms with van der Waals surface area (Å²) in [5.41, 5.74) is 8.22. The summed E-state index contributed by atoms with van der Waals surface area (Å²) in [7, 11) is 1.36. The third-order valence-corrected chi connectivity index (χ3v) is 9.70. The minimum Gasteiger partial charge on any atom is -0.466 e. The number of carbonyl (C=O) groups is 1. The number of benzene rings is 3. The van der Waals surface area contributed by atoms with Crippen molar-refractivity contribution in [3.8, 4) is 0 Å². The third-order valence-electron chi connectivity index (χ3n) is 8.47. The Kier molecular flexibility index (Phi) is 7.95. The fraction of sp³-hybridized carbons (Fsp3) is 0.250. The van der Waals surface area contributed by atoms with Crippen LogP contribution in [0, 0.1) is 13.8 Å². The molecule has 6 nitrogen and oxygen atoms in total. The fourth-order valence-corrected chi connectivity index (χ4v) is 7.25. The van der Waals surface area contributed by atoms with Gasteiger partial charge in [-0.2, -0.15) is 0 Å². The normalized spacial score (nSPS) is 15.2. The predicted molar refractivity (Wildman–Crippen MR) is 178 cm³/mol. The highest BCUT2D eigenvalue weighted by atomic mass is 35.5. The van der Waals surface area contributed by atoms with Crippen molar-refractivity contribution in [3.63, 3.8) is 0 Å². The van der Waals surface area contributed by atoms with Crippen LogP contribution in [0.3, 0.4) is 0 Å². The average Bonchev–Trinajstić information content (AvgIpc) is 3.46. The maximum Gasteiger partial charge on any atom is 0.338 e. The molecule has 0 radical (unpaired) electrons. The number of aromatic nitrogens is 2. The molecule has 0 bridgehead atoms. The van der Waals surface area contributed by atoms with Crippen LogP contribution in [0.15, 0.2) is 87.8 Å². The number of thiazole rings is 1. The molecule has 0 saturated carbocycles. The number of esters is 1. The molecule has 1 aliphatic rings. The maximum atomic E-state index is 14.3. The highest BCUT2D eigenvalue weighted by Gasteiger charge is 2.33. The molecule has 0 amide bonds. The number of methoxy groups -OCH3 is 1. The zero-order chi connectivity index (χ0) is 31.3. The number of ether oxygens (including phenoxy) is 1. The van der Waals surface area contributed by atoms with Gasteiger partial charge in [-0.1, -0.05) is 91.4 Å². The van der Waals surface area contributed by atoms with E-state index in [2.05, 4.69) is 62.6 Å². The van der Waals surface area contributed by atoms with Gasteiger partial charge in [-0.05, 0) is 67.2 Å². The Morgan fingerprint density at radius 1 is 1.05 bits per heavy atom. The van der Waals surface area contributed by atoms with Crippen molar-refractivity contribution in [1.82, 2.24) is 9.13 Å². The van der Waals surface area contributed by atoms with E-state index in [4.69, 9.17) is 21.3 Å². The number of rotatable bonds is 6. The van der Waals surface area contributed by atoms with Gasteiger partial charge >= 0.3 is 5.97 Å². The lowest BCUT2D eigenvalue weighted by Gasteiger charge is -2.24. The number of carbonyl (C=O) groups excluding carboxylic acids is 1. The van der Waals surface area contributed by atoms with Gasteiger partial charge in [0.15, 0.2) is 4.80 Å². The molecule has 8 heteroatoms. The summed E-state index contributed by atoms with van der Waals surface area (Å²) in [6, 6.07) is 21.6. The number of halogens is 1. The number of fused-ring (bicyclic) bond motifs is 2. The molecule has 3 heterocycles. The SMILES string of the molecule is COC(=O)C1=C(C)N=c2s/c(=C\c3c(C)n(Cc4ccc(Cl)cc4)c4c(C)cccc34)c(=O)n2[C@H]1c1ccc(C(C)C)cc1. The Labute approximate surface area is 265 Å². The molecular weight excluding hydrogens is 590 g/mol. The molecule has 2 aromatic heterocycles. The molecule has 6 rings (SSSR count). The van der Waals surface area contributed by atoms with Gasteiger partial charge in [-0.3, -0.25) is 9.36 Å². The molecule has 1 atom stereocenters. The van der Waals surface area contributed by atoms with Crippen LogP contribution in [-0.4, -0.2) is 22.2 Å². The number of para-hydroxylation sites is 1. The maximum absolute atomic E-state index is 14.3. The van der Waals surface area contributed by atoms with Gasteiger partial charge in [-0.25, -0.2) is 9.79 Å². The lowest BCUT2D eigenvalue weighted by Crippen LogP contribution is -2.39. The van der Waals surface area contributed by atoms with E-state index in [0.717, 1.165) is 38.9 Å². The number of nitrogens with zero attached hydrogens (tertiary/aromatic N) is 3. The molecule has 0 saturated heterocycles. The van der Waals surface area contributed by atoms with Gasteiger partial charge < -0.3 is 9.30 Å². The lowest BCUT2D eigenvalue weighted by molar-refractivity contribution is -0.136. The Morgan fingerprint density at radius 2 is 1.75 bits per heavy atom. The molecular formula is C36H34ClN3O3S. The molecule has 0 fully saturated rings. The fourth-order valence-electron chi connectivity index (χ4n) is 6.10. The summed E-state index contributed by atoms with van der Waals surface area (Å²) in [4.78, 5) is 32.6. The molecule has 0 aliphatic carbocycles. The van der Waals surface area contributed by atoms with E-state index in [1.807, 2.05) is 42.5 Å². The van der Waals surface area contributed by atoms with Crippen LogP contribution in [0.5, 0.6) is 0 Å². The topological polar surface area (TPSA) is 65.6 Å². The summed E-state index contributed by atoms with van der Waals surface area (Å²) >= 11 is 7.49. The van der Waals surface area contributed by atoms with E-state index in [-0.39, 0.29) is 5.56 Å². The van der Waals surface area contributed by atoms with Crippen LogP contribution >= 0.6 is 22.9 Å². The average molecular weight is 624 g/mol.